The van der Waals surface area contributed by atoms with Crippen LogP contribution in [0, 0.1) is 5.92 Å². The van der Waals surface area contributed by atoms with Gasteiger partial charge in [-0.15, -0.1) is 0 Å². The summed E-state index contributed by atoms with van der Waals surface area (Å²) in [5.41, 5.74) is 0. The molecule has 2 rings (SSSR count). The molecule has 1 aromatic rings. The third-order valence-electron chi connectivity index (χ3n) is 4.27. The highest BCUT2D eigenvalue weighted by atomic mass is 79.9. The van der Waals surface area contributed by atoms with Gasteiger partial charge in [0.25, 0.3) is 0 Å². The summed E-state index contributed by atoms with van der Waals surface area (Å²) in [5.74, 6) is -1.85. The largest absolute Gasteiger partial charge is 0.391 e. The third-order valence-corrected chi connectivity index (χ3v) is 6.28. The van der Waals surface area contributed by atoms with Crippen molar-refractivity contribution in [3.8, 4) is 0 Å². The molecular formula is C16H20BrF3N2O3S. The minimum Gasteiger partial charge on any atom is -0.353 e. The maximum Gasteiger partial charge on any atom is 0.391 e. The third kappa shape index (κ3) is 6.24. The maximum atomic E-state index is 12.8. The van der Waals surface area contributed by atoms with Gasteiger partial charge in [-0.1, -0.05) is 22.4 Å². The Balaban J connectivity index is 1.79. The molecule has 1 fully saturated rings. The van der Waals surface area contributed by atoms with E-state index in [1.54, 1.807) is 12.1 Å². The molecule has 10 heteroatoms. The zero-order valence-electron chi connectivity index (χ0n) is 13.9. The Labute approximate surface area is 158 Å². The zero-order valence-corrected chi connectivity index (χ0v) is 16.3. The Morgan fingerprint density at radius 1 is 1.19 bits per heavy atom. The minimum absolute atomic E-state index is 0.0707. The van der Waals surface area contributed by atoms with E-state index >= 15 is 0 Å². The van der Waals surface area contributed by atoms with Gasteiger partial charge in [-0.25, -0.2) is 13.1 Å². The summed E-state index contributed by atoms with van der Waals surface area (Å²) < 4.78 is 65.6. The van der Waals surface area contributed by atoms with Gasteiger partial charge >= 0.3 is 6.18 Å². The molecule has 0 saturated heterocycles. The first-order valence-electron chi connectivity index (χ1n) is 8.19. The normalized spacial score (nSPS) is 21.4. The molecule has 26 heavy (non-hydrogen) atoms. The Morgan fingerprint density at radius 2 is 1.85 bits per heavy atom. The number of sulfonamides is 1. The molecule has 1 aliphatic carbocycles. The van der Waals surface area contributed by atoms with Crippen LogP contribution in [0.2, 0.25) is 0 Å². The van der Waals surface area contributed by atoms with Crippen LogP contribution < -0.4 is 10.0 Å². The highest BCUT2D eigenvalue weighted by Crippen LogP contribution is 2.37. The predicted molar refractivity (Wildman–Crippen MR) is 93.9 cm³/mol. The summed E-state index contributed by atoms with van der Waals surface area (Å²) in [7, 11) is -3.73. The molecule has 0 aliphatic heterocycles. The molecule has 5 nitrogen and oxygen atoms in total. The van der Waals surface area contributed by atoms with E-state index in [1.807, 2.05) is 0 Å². The van der Waals surface area contributed by atoms with Crippen LogP contribution in [0.3, 0.4) is 0 Å². The molecule has 146 valence electrons. The molecular weight excluding hydrogens is 437 g/mol. The minimum atomic E-state index is -4.25. The quantitative estimate of drug-likeness (QED) is 0.688. The lowest BCUT2D eigenvalue weighted by Gasteiger charge is -2.31. The van der Waals surface area contributed by atoms with Crippen molar-refractivity contribution in [2.24, 2.45) is 5.92 Å². The van der Waals surface area contributed by atoms with Crippen molar-refractivity contribution in [2.75, 3.05) is 6.54 Å². The summed E-state index contributed by atoms with van der Waals surface area (Å²) in [5, 5.41) is 2.57. The topological polar surface area (TPSA) is 75.3 Å². The summed E-state index contributed by atoms with van der Waals surface area (Å²) in [6.45, 7) is -0.125. The Hall–Kier alpha value is -1.13. The van der Waals surface area contributed by atoms with Crippen molar-refractivity contribution in [3.63, 3.8) is 0 Å². The number of carbonyl (C=O) groups is 1. The fraction of sp³-hybridized carbons (Fsp3) is 0.562. The van der Waals surface area contributed by atoms with Crippen molar-refractivity contribution in [1.29, 1.82) is 0 Å². The van der Waals surface area contributed by atoms with Gasteiger partial charge in [0.05, 0.1) is 10.8 Å². The second-order valence-corrected chi connectivity index (χ2v) is 8.95. The molecule has 1 aliphatic rings. The average molecular weight is 457 g/mol. The Bertz CT molecular complexity index is 723. The van der Waals surface area contributed by atoms with Crippen molar-refractivity contribution >= 4 is 31.9 Å². The van der Waals surface area contributed by atoms with E-state index in [2.05, 4.69) is 26.0 Å². The van der Waals surface area contributed by atoms with Crippen molar-refractivity contribution < 1.29 is 26.4 Å². The fourth-order valence-corrected chi connectivity index (χ4v) is 4.21. The molecule has 1 saturated carbocycles. The fourth-order valence-electron chi connectivity index (χ4n) is 2.91. The lowest BCUT2D eigenvalue weighted by molar-refractivity contribution is -0.184. The molecule has 0 spiro atoms. The lowest BCUT2D eigenvalue weighted by atomic mass is 9.85. The van der Waals surface area contributed by atoms with E-state index in [0.29, 0.717) is 12.8 Å². The van der Waals surface area contributed by atoms with Gasteiger partial charge in [-0.05, 0) is 43.5 Å². The van der Waals surface area contributed by atoms with Gasteiger partial charge in [0.1, 0.15) is 0 Å². The number of nitrogens with one attached hydrogen (secondary N) is 2. The number of rotatable bonds is 6. The molecule has 0 heterocycles. The molecule has 1 amide bonds. The summed E-state index contributed by atoms with van der Waals surface area (Å²) in [6.07, 6.45) is -3.51. The number of alkyl halides is 3. The van der Waals surface area contributed by atoms with Gasteiger partial charge < -0.3 is 5.32 Å². The summed E-state index contributed by atoms with van der Waals surface area (Å²) >= 11 is 3.21. The highest BCUT2D eigenvalue weighted by Gasteiger charge is 2.42. The first-order chi connectivity index (χ1) is 12.1. The summed E-state index contributed by atoms with van der Waals surface area (Å²) in [4.78, 5) is 12.0. The predicted octanol–water partition coefficient (Wildman–Crippen LogP) is 3.35. The first-order valence-corrected chi connectivity index (χ1v) is 10.5. The van der Waals surface area contributed by atoms with E-state index in [9.17, 15) is 26.4 Å². The Kier molecular flexibility index (Phi) is 7.09. The van der Waals surface area contributed by atoms with E-state index in [-0.39, 0.29) is 30.7 Å². The standard InChI is InChI=1S/C16H20BrF3N2O3S/c17-12-4-6-14(7-5-12)26(24,25)21-9-8-15(23)22-13-3-1-2-11(10-13)16(18,19)20/h4-7,11,13,21H,1-3,8-10H2,(H,22,23). The molecule has 2 atom stereocenters. The monoisotopic (exact) mass is 456 g/mol. The smallest absolute Gasteiger partial charge is 0.353 e. The van der Waals surface area contributed by atoms with Gasteiger partial charge in [0.2, 0.25) is 15.9 Å². The van der Waals surface area contributed by atoms with Gasteiger partial charge in [0.15, 0.2) is 0 Å². The second-order valence-electron chi connectivity index (χ2n) is 6.27. The number of hydrogen-bond acceptors (Lipinski definition) is 3. The van der Waals surface area contributed by atoms with Crippen LogP contribution in [0.4, 0.5) is 13.2 Å². The van der Waals surface area contributed by atoms with Crippen LogP contribution in [0.15, 0.2) is 33.6 Å². The first kappa shape index (κ1) is 21.2. The van der Waals surface area contributed by atoms with Crippen LogP contribution in [-0.4, -0.2) is 33.1 Å². The zero-order chi connectivity index (χ0) is 19.4. The molecule has 2 unspecified atom stereocenters. The SMILES string of the molecule is O=C(CCNS(=O)(=O)c1ccc(Br)cc1)NC1CCCC(C(F)(F)F)C1. The molecule has 0 bridgehead atoms. The lowest BCUT2D eigenvalue weighted by Crippen LogP contribution is -2.42. The van der Waals surface area contributed by atoms with Gasteiger partial charge in [-0.3, -0.25) is 4.79 Å². The van der Waals surface area contributed by atoms with Crippen LogP contribution in [-0.2, 0) is 14.8 Å². The van der Waals surface area contributed by atoms with Crippen molar-refractivity contribution in [2.45, 2.75) is 49.2 Å². The van der Waals surface area contributed by atoms with E-state index in [1.165, 1.54) is 12.1 Å². The number of halogens is 4. The number of amides is 1. The second kappa shape index (κ2) is 8.71. The van der Waals surface area contributed by atoms with Crippen LogP contribution in [0.1, 0.15) is 32.1 Å². The van der Waals surface area contributed by atoms with E-state index in [4.69, 9.17) is 0 Å². The van der Waals surface area contributed by atoms with Gasteiger partial charge in [0, 0.05) is 23.5 Å². The van der Waals surface area contributed by atoms with Crippen LogP contribution >= 0.6 is 15.9 Å². The van der Waals surface area contributed by atoms with Gasteiger partial charge in [-0.2, -0.15) is 13.2 Å². The maximum absolute atomic E-state index is 12.8. The van der Waals surface area contributed by atoms with Crippen LogP contribution in [0.25, 0.3) is 0 Å². The molecule has 2 N–H and O–H groups in total. The van der Waals surface area contributed by atoms with Crippen molar-refractivity contribution in [1.82, 2.24) is 10.0 Å². The van der Waals surface area contributed by atoms with Crippen molar-refractivity contribution in [3.05, 3.63) is 28.7 Å². The highest BCUT2D eigenvalue weighted by molar-refractivity contribution is 9.10. The molecule has 1 aromatic carbocycles. The van der Waals surface area contributed by atoms with E-state index < -0.39 is 34.1 Å². The number of benzene rings is 1. The van der Waals surface area contributed by atoms with Crippen LogP contribution in [0.5, 0.6) is 0 Å². The number of carbonyl (C=O) groups excluding carboxylic acids is 1. The van der Waals surface area contributed by atoms with E-state index in [0.717, 1.165) is 4.47 Å². The molecule has 0 radical (unpaired) electrons. The Morgan fingerprint density at radius 3 is 2.46 bits per heavy atom. The summed E-state index contributed by atoms with van der Waals surface area (Å²) in [6, 6.07) is 5.49. The molecule has 0 aromatic heterocycles. The number of hydrogen-bond donors (Lipinski definition) is 2. The average Bonchev–Trinajstić information content (AvgIpc) is 2.54.